The maximum Gasteiger partial charge on any atom is 0.223 e. The normalized spacial score (nSPS) is 10.2. The minimum Gasteiger partial charge on any atom is -0.477 e. The lowest BCUT2D eigenvalue weighted by Crippen LogP contribution is -2.13. The van der Waals surface area contributed by atoms with E-state index in [9.17, 15) is 0 Å². The molecule has 2 aromatic rings. The topological polar surface area (TPSA) is 61.0 Å². The summed E-state index contributed by atoms with van der Waals surface area (Å²) in [6.07, 6.45) is 5.43. The van der Waals surface area contributed by atoms with Gasteiger partial charge in [-0.25, -0.2) is 4.98 Å². The molecule has 0 saturated heterocycles. The van der Waals surface area contributed by atoms with Crippen molar-refractivity contribution in [2.75, 3.05) is 6.61 Å². The van der Waals surface area contributed by atoms with Crippen molar-refractivity contribution in [1.82, 2.24) is 9.97 Å². The first-order valence-corrected chi connectivity index (χ1v) is 6.87. The van der Waals surface area contributed by atoms with Crippen LogP contribution in [0.25, 0.3) is 0 Å². The Morgan fingerprint density at radius 3 is 2.70 bits per heavy atom. The fraction of sp³-hybridized carbons (Fsp3) is 0.267. The summed E-state index contributed by atoms with van der Waals surface area (Å²) in [6.45, 7) is 2.49. The van der Waals surface area contributed by atoms with Crippen molar-refractivity contribution in [1.29, 1.82) is 0 Å². The molecule has 0 aliphatic heterocycles. The summed E-state index contributed by atoms with van der Waals surface area (Å²) in [5, 5.41) is 0. The summed E-state index contributed by atoms with van der Waals surface area (Å²) in [5.41, 5.74) is 8.48. The average molecular weight is 287 g/mol. The maximum atomic E-state index is 5.71. The van der Waals surface area contributed by atoms with Crippen LogP contribution in [-0.4, -0.2) is 21.6 Å². The molecule has 5 heteroatoms. The van der Waals surface area contributed by atoms with Crippen LogP contribution in [0.1, 0.15) is 23.2 Å². The van der Waals surface area contributed by atoms with Gasteiger partial charge >= 0.3 is 0 Å². The van der Waals surface area contributed by atoms with Gasteiger partial charge in [0.05, 0.1) is 12.2 Å². The van der Waals surface area contributed by atoms with Crippen molar-refractivity contribution in [3.05, 3.63) is 53.5 Å². The second-order valence-electron chi connectivity index (χ2n) is 4.48. The molecule has 0 atom stereocenters. The Hall–Kier alpha value is -2.01. The number of aromatic nitrogens is 2. The number of aryl methyl sites for hydroxylation is 2. The van der Waals surface area contributed by atoms with E-state index >= 15 is 0 Å². The lowest BCUT2D eigenvalue weighted by Gasteiger charge is -2.10. The first-order chi connectivity index (χ1) is 9.66. The lowest BCUT2D eigenvalue weighted by atomic mass is 10.1. The highest BCUT2D eigenvalue weighted by Gasteiger charge is 2.08. The van der Waals surface area contributed by atoms with E-state index in [2.05, 4.69) is 9.97 Å². The van der Waals surface area contributed by atoms with Gasteiger partial charge in [0.25, 0.3) is 0 Å². The summed E-state index contributed by atoms with van der Waals surface area (Å²) >= 11 is 5.00. The van der Waals surface area contributed by atoms with Crippen LogP contribution in [0, 0.1) is 6.92 Å². The lowest BCUT2D eigenvalue weighted by molar-refractivity contribution is 0.298. The number of thiocarbonyl (C=S) groups is 1. The molecule has 4 nitrogen and oxygen atoms in total. The third-order valence-corrected chi connectivity index (χ3v) is 3.08. The van der Waals surface area contributed by atoms with Crippen LogP contribution in [0.2, 0.25) is 0 Å². The van der Waals surface area contributed by atoms with E-state index in [1.165, 1.54) is 5.56 Å². The number of rotatable bonds is 6. The van der Waals surface area contributed by atoms with E-state index in [-0.39, 0.29) is 0 Å². The van der Waals surface area contributed by atoms with Crippen molar-refractivity contribution in [3.63, 3.8) is 0 Å². The minimum absolute atomic E-state index is 0.307. The largest absolute Gasteiger partial charge is 0.477 e. The highest BCUT2D eigenvalue weighted by atomic mass is 32.1. The van der Waals surface area contributed by atoms with Gasteiger partial charge in [0.2, 0.25) is 5.88 Å². The molecular weight excluding hydrogens is 270 g/mol. The zero-order valence-corrected chi connectivity index (χ0v) is 12.2. The van der Waals surface area contributed by atoms with E-state index < -0.39 is 0 Å². The summed E-state index contributed by atoms with van der Waals surface area (Å²) < 4.78 is 5.71. The summed E-state index contributed by atoms with van der Waals surface area (Å²) in [4.78, 5) is 8.64. The molecular formula is C15H17N3OS. The monoisotopic (exact) mass is 287 g/mol. The standard InChI is InChI=1S/C15H17N3OS/c1-11-4-5-13(14(16)20)15(18-11)19-10-2-3-12-6-8-17-9-7-12/h4-9H,2-3,10H2,1H3,(H2,16,20). The summed E-state index contributed by atoms with van der Waals surface area (Å²) in [6, 6.07) is 7.73. The molecule has 0 saturated carbocycles. The molecule has 0 radical (unpaired) electrons. The van der Waals surface area contributed by atoms with Gasteiger partial charge in [-0.05, 0) is 49.6 Å². The molecule has 104 valence electrons. The minimum atomic E-state index is 0.307. The number of hydrogen-bond donors (Lipinski definition) is 1. The van der Waals surface area contributed by atoms with Gasteiger partial charge < -0.3 is 10.5 Å². The molecule has 2 N–H and O–H groups in total. The van der Waals surface area contributed by atoms with Crippen LogP contribution in [-0.2, 0) is 6.42 Å². The SMILES string of the molecule is Cc1ccc(C(N)=S)c(OCCCc2ccncc2)n1. The second kappa shape index (κ2) is 6.96. The number of pyridine rings is 2. The molecule has 0 aromatic carbocycles. The molecule has 0 amide bonds. The summed E-state index contributed by atoms with van der Waals surface area (Å²) in [5.74, 6) is 0.521. The number of hydrogen-bond acceptors (Lipinski definition) is 4. The van der Waals surface area contributed by atoms with Crippen LogP contribution in [0.3, 0.4) is 0 Å². The fourth-order valence-electron chi connectivity index (χ4n) is 1.83. The van der Waals surface area contributed by atoms with Crippen LogP contribution in [0.5, 0.6) is 5.88 Å². The smallest absolute Gasteiger partial charge is 0.223 e. The third-order valence-electron chi connectivity index (χ3n) is 2.86. The van der Waals surface area contributed by atoms with Crippen LogP contribution < -0.4 is 10.5 Å². The predicted octanol–water partition coefficient (Wildman–Crippen LogP) is 2.43. The Labute approximate surface area is 124 Å². The van der Waals surface area contributed by atoms with E-state index in [0.29, 0.717) is 23.0 Å². The van der Waals surface area contributed by atoms with E-state index in [1.807, 2.05) is 31.2 Å². The Bertz CT molecular complexity index is 587. The van der Waals surface area contributed by atoms with Crippen molar-refractivity contribution < 1.29 is 4.74 Å². The predicted molar refractivity (Wildman–Crippen MR) is 82.9 cm³/mol. The number of nitrogens with two attached hydrogens (primary N) is 1. The molecule has 20 heavy (non-hydrogen) atoms. The van der Waals surface area contributed by atoms with Gasteiger partial charge in [0.1, 0.15) is 4.99 Å². The molecule has 0 aliphatic rings. The summed E-state index contributed by atoms with van der Waals surface area (Å²) in [7, 11) is 0. The van der Waals surface area contributed by atoms with Crippen LogP contribution >= 0.6 is 12.2 Å². The van der Waals surface area contributed by atoms with E-state index in [4.69, 9.17) is 22.7 Å². The molecule has 0 unspecified atom stereocenters. The van der Waals surface area contributed by atoms with Gasteiger partial charge in [-0.3, -0.25) is 4.98 Å². The Balaban J connectivity index is 1.91. The van der Waals surface area contributed by atoms with Crippen molar-refractivity contribution in [2.45, 2.75) is 19.8 Å². The Kier molecular flexibility index (Phi) is 5.01. The molecule has 2 heterocycles. The first kappa shape index (κ1) is 14.4. The highest BCUT2D eigenvalue weighted by Crippen LogP contribution is 2.16. The van der Waals surface area contributed by atoms with Gasteiger partial charge in [-0.15, -0.1) is 0 Å². The maximum absolute atomic E-state index is 5.71. The van der Waals surface area contributed by atoms with Crippen LogP contribution in [0.15, 0.2) is 36.7 Å². The zero-order chi connectivity index (χ0) is 14.4. The van der Waals surface area contributed by atoms with Crippen LogP contribution in [0.4, 0.5) is 0 Å². The van der Waals surface area contributed by atoms with Gasteiger partial charge in [0, 0.05) is 18.1 Å². The van der Waals surface area contributed by atoms with E-state index in [1.54, 1.807) is 12.4 Å². The first-order valence-electron chi connectivity index (χ1n) is 6.46. The zero-order valence-electron chi connectivity index (χ0n) is 11.4. The number of nitrogens with zero attached hydrogens (tertiary/aromatic N) is 2. The molecule has 2 aromatic heterocycles. The second-order valence-corrected chi connectivity index (χ2v) is 4.92. The third kappa shape index (κ3) is 3.99. The van der Waals surface area contributed by atoms with Gasteiger partial charge in [0.15, 0.2) is 0 Å². The van der Waals surface area contributed by atoms with E-state index in [0.717, 1.165) is 18.5 Å². The fourth-order valence-corrected chi connectivity index (χ4v) is 1.98. The molecule has 2 rings (SSSR count). The molecule has 0 fully saturated rings. The molecule has 0 spiro atoms. The number of ether oxygens (including phenoxy) is 1. The van der Waals surface area contributed by atoms with Crippen molar-refractivity contribution in [2.24, 2.45) is 5.73 Å². The Morgan fingerprint density at radius 2 is 2.00 bits per heavy atom. The van der Waals surface area contributed by atoms with Gasteiger partial charge in [-0.2, -0.15) is 0 Å². The van der Waals surface area contributed by atoms with Crippen molar-refractivity contribution >= 4 is 17.2 Å². The highest BCUT2D eigenvalue weighted by molar-refractivity contribution is 7.80. The Morgan fingerprint density at radius 1 is 1.25 bits per heavy atom. The quantitative estimate of drug-likeness (QED) is 0.653. The molecule has 0 aliphatic carbocycles. The van der Waals surface area contributed by atoms with Gasteiger partial charge in [-0.1, -0.05) is 12.2 Å². The average Bonchev–Trinajstić information content (AvgIpc) is 2.44. The van der Waals surface area contributed by atoms with Crippen molar-refractivity contribution in [3.8, 4) is 5.88 Å². The molecule has 0 bridgehead atoms.